The van der Waals surface area contributed by atoms with Gasteiger partial charge in [-0.15, -0.1) is 0 Å². The standard InChI is InChI=1S/C14H18N2O5/c1-19-11-7-9(3-4-10(11)15)13(17)16-5-6-21-12(8-16)14(18)20-2/h3-4,7,12H,5-6,8,15H2,1-2H3. The molecule has 7 heteroatoms. The number of rotatable bonds is 3. The molecule has 1 heterocycles. The number of esters is 1. The number of nitrogens with zero attached hydrogens (tertiary/aromatic N) is 1. The van der Waals surface area contributed by atoms with Crippen LogP contribution in [-0.2, 0) is 14.3 Å². The fraction of sp³-hybridized carbons (Fsp3) is 0.429. The number of ether oxygens (including phenoxy) is 3. The average molecular weight is 294 g/mol. The SMILES string of the molecule is COC(=O)C1CN(C(=O)c2ccc(N)c(OC)c2)CCO1. The predicted molar refractivity (Wildman–Crippen MR) is 75.1 cm³/mol. The van der Waals surface area contributed by atoms with E-state index in [1.807, 2.05) is 0 Å². The Bertz CT molecular complexity index is 546. The molecule has 1 saturated heterocycles. The Labute approximate surface area is 122 Å². The Morgan fingerprint density at radius 3 is 2.81 bits per heavy atom. The lowest BCUT2D eigenvalue weighted by molar-refractivity contribution is -0.158. The first-order chi connectivity index (χ1) is 10.1. The Morgan fingerprint density at radius 1 is 1.38 bits per heavy atom. The molecule has 1 atom stereocenters. The van der Waals surface area contributed by atoms with Crippen LogP contribution >= 0.6 is 0 Å². The molecular weight excluding hydrogens is 276 g/mol. The number of anilines is 1. The minimum Gasteiger partial charge on any atom is -0.495 e. The second-order valence-electron chi connectivity index (χ2n) is 4.59. The highest BCUT2D eigenvalue weighted by atomic mass is 16.6. The summed E-state index contributed by atoms with van der Waals surface area (Å²) in [5, 5.41) is 0. The van der Waals surface area contributed by atoms with Gasteiger partial charge in [0, 0.05) is 12.1 Å². The van der Waals surface area contributed by atoms with Gasteiger partial charge in [-0.05, 0) is 18.2 Å². The fourth-order valence-corrected chi connectivity index (χ4v) is 2.13. The van der Waals surface area contributed by atoms with Crippen LogP contribution in [0.25, 0.3) is 0 Å². The highest BCUT2D eigenvalue weighted by molar-refractivity contribution is 5.95. The largest absolute Gasteiger partial charge is 0.495 e. The van der Waals surface area contributed by atoms with Gasteiger partial charge in [0.15, 0.2) is 6.10 Å². The number of morpholine rings is 1. The summed E-state index contributed by atoms with van der Waals surface area (Å²) in [6, 6.07) is 4.83. The van der Waals surface area contributed by atoms with Gasteiger partial charge in [0.25, 0.3) is 5.91 Å². The predicted octanol–water partition coefficient (Wildman–Crippen LogP) is 0.291. The molecule has 0 spiro atoms. The molecule has 1 unspecified atom stereocenters. The first kappa shape index (κ1) is 15.1. The van der Waals surface area contributed by atoms with E-state index in [1.165, 1.54) is 14.2 Å². The van der Waals surface area contributed by atoms with Crippen molar-refractivity contribution in [3.8, 4) is 5.75 Å². The van der Waals surface area contributed by atoms with Gasteiger partial charge < -0.3 is 24.8 Å². The number of carbonyl (C=O) groups excluding carboxylic acids is 2. The van der Waals surface area contributed by atoms with Crippen molar-refractivity contribution >= 4 is 17.6 Å². The second kappa shape index (κ2) is 6.45. The first-order valence-electron chi connectivity index (χ1n) is 6.49. The van der Waals surface area contributed by atoms with Gasteiger partial charge in [-0.1, -0.05) is 0 Å². The van der Waals surface area contributed by atoms with E-state index in [0.717, 1.165) is 0 Å². The molecule has 1 fully saturated rings. The minimum atomic E-state index is -0.747. The van der Waals surface area contributed by atoms with Crippen LogP contribution in [0.5, 0.6) is 5.75 Å². The van der Waals surface area contributed by atoms with E-state index in [-0.39, 0.29) is 19.1 Å². The number of nitrogen functional groups attached to an aromatic ring is 1. The Balaban J connectivity index is 2.14. The number of carbonyl (C=O) groups is 2. The van der Waals surface area contributed by atoms with Crippen LogP contribution < -0.4 is 10.5 Å². The Morgan fingerprint density at radius 2 is 2.14 bits per heavy atom. The minimum absolute atomic E-state index is 0.165. The summed E-state index contributed by atoms with van der Waals surface area (Å²) in [4.78, 5) is 25.5. The van der Waals surface area contributed by atoms with Gasteiger partial charge in [0.05, 0.1) is 33.1 Å². The van der Waals surface area contributed by atoms with Crippen molar-refractivity contribution in [2.24, 2.45) is 0 Å². The summed E-state index contributed by atoms with van der Waals surface area (Å²) >= 11 is 0. The second-order valence-corrected chi connectivity index (χ2v) is 4.59. The highest BCUT2D eigenvalue weighted by Crippen LogP contribution is 2.23. The number of amides is 1. The van der Waals surface area contributed by atoms with Crippen LogP contribution in [0.4, 0.5) is 5.69 Å². The van der Waals surface area contributed by atoms with Gasteiger partial charge in [-0.25, -0.2) is 4.79 Å². The summed E-state index contributed by atoms with van der Waals surface area (Å²) in [5.74, 6) is -0.244. The van der Waals surface area contributed by atoms with Crippen molar-refractivity contribution in [1.29, 1.82) is 0 Å². The van der Waals surface area contributed by atoms with Crippen molar-refractivity contribution in [1.82, 2.24) is 4.90 Å². The molecule has 21 heavy (non-hydrogen) atoms. The zero-order valence-electron chi connectivity index (χ0n) is 12.0. The van der Waals surface area contributed by atoms with Crippen LogP contribution in [0.2, 0.25) is 0 Å². The van der Waals surface area contributed by atoms with Gasteiger partial charge in [0.1, 0.15) is 5.75 Å². The third-order valence-electron chi connectivity index (χ3n) is 3.30. The zero-order chi connectivity index (χ0) is 15.4. The van der Waals surface area contributed by atoms with Crippen molar-refractivity contribution in [3.05, 3.63) is 23.8 Å². The third kappa shape index (κ3) is 3.25. The van der Waals surface area contributed by atoms with E-state index in [4.69, 9.17) is 15.2 Å². The van der Waals surface area contributed by atoms with Crippen molar-refractivity contribution in [2.75, 3.05) is 39.6 Å². The van der Waals surface area contributed by atoms with Crippen molar-refractivity contribution < 1.29 is 23.8 Å². The lowest BCUT2D eigenvalue weighted by Crippen LogP contribution is -2.48. The molecule has 7 nitrogen and oxygen atoms in total. The summed E-state index contributed by atoms with van der Waals surface area (Å²) in [6.07, 6.45) is -0.747. The molecule has 114 valence electrons. The fourth-order valence-electron chi connectivity index (χ4n) is 2.13. The third-order valence-corrected chi connectivity index (χ3v) is 3.30. The first-order valence-corrected chi connectivity index (χ1v) is 6.49. The molecule has 1 amide bonds. The summed E-state index contributed by atoms with van der Waals surface area (Å²) < 4.78 is 15.0. The molecule has 0 radical (unpaired) electrons. The smallest absolute Gasteiger partial charge is 0.336 e. The van der Waals surface area contributed by atoms with Crippen LogP contribution in [0.3, 0.4) is 0 Å². The van der Waals surface area contributed by atoms with E-state index in [0.29, 0.717) is 23.5 Å². The lowest BCUT2D eigenvalue weighted by atomic mass is 10.1. The number of hydrogen-bond donors (Lipinski definition) is 1. The van der Waals surface area contributed by atoms with Crippen LogP contribution in [0, 0.1) is 0 Å². The molecule has 0 aliphatic carbocycles. The Kier molecular flexibility index (Phi) is 4.64. The summed E-state index contributed by atoms with van der Waals surface area (Å²) in [7, 11) is 2.78. The molecular formula is C14H18N2O5. The molecule has 2 rings (SSSR count). The van der Waals surface area contributed by atoms with Gasteiger partial charge in [-0.3, -0.25) is 4.79 Å². The van der Waals surface area contributed by atoms with E-state index in [1.54, 1.807) is 23.1 Å². The number of nitrogens with two attached hydrogens (primary N) is 1. The van der Waals surface area contributed by atoms with E-state index in [2.05, 4.69) is 4.74 Å². The van der Waals surface area contributed by atoms with Gasteiger partial charge in [0.2, 0.25) is 0 Å². The highest BCUT2D eigenvalue weighted by Gasteiger charge is 2.30. The van der Waals surface area contributed by atoms with Crippen LogP contribution in [0.1, 0.15) is 10.4 Å². The molecule has 0 aromatic heterocycles. The monoisotopic (exact) mass is 294 g/mol. The summed E-state index contributed by atoms with van der Waals surface area (Å²) in [6.45, 7) is 0.870. The molecule has 0 saturated carbocycles. The number of methoxy groups -OCH3 is 2. The lowest BCUT2D eigenvalue weighted by Gasteiger charge is -2.31. The molecule has 1 aromatic carbocycles. The Hall–Kier alpha value is -2.28. The van der Waals surface area contributed by atoms with Crippen LogP contribution in [0.15, 0.2) is 18.2 Å². The zero-order valence-corrected chi connectivity index (χ0v) is 12.0. The van der Waals surface area contributed by atoms with Gasteiger partial charge in [-0.2, -0.15) is 0 Å². The maximum Gasteiger partial charge on any atom is 0.336 e. The molecule has 1 aromatic rings. The normalized spacial score (nSPS) is 18.2. The quantitative estimate of drug-likeness (QED) is 0.636. The summed E-state index contributed by atoms with van der Waals surface area (Å²) in [5.41, 5.74) is 6.64. The van der Waals surface area contributed by atoms with Gasteiger partial charge >= 0.3 is 5.97 Å². The maximum atomic E-state index is 12.5. The van der Waals surface area contributed by atoms with E-state index < -0.39 is 12.1 Å². The number of benzene rings is 1. The molecule has 0 bridgehead atoms. The van der Waals surface area contributed by atoms with Crippen molar-refractivity contribution in [3.63, 3.8) is 0 Å². The molecule has 1 aliphatic heterocycles. The molecule has 1 aliphatic rings. The van der Waals surface area contributed by atoms with Crippen LogP contribution in [-0.4, -0.2) is 56.8 Å². The molecule has 2 N–H and O–H groups in total. The van der Waals surface area contributed by atoms with E-state index >= 15 is 0 Å². The van der Waals surface area contributed by atoms with E-state index in [9.17, 15) is 9.59 Å². The maximum absolute atomic E-state index is 12.5. The average Bonchev–Trinajstić information content (AvgIpc) is 2.54. The number of hydrogen-bond acceptors (Lipinski definition) is 6. The topological polar surface area (TPSA) is 91.1 Å². The van der Waals surface area contributed by atoms with Crippen molar-refractivity contribution in [2.45, 2.75) is 6.10 Å².